The van der Waals surface area contributed by atoms with Crippen molar-refractivity contribution in [1.82, 2.24) is 4.98 Å². The van der Waals surface area contributed by atoms with Gasteiger partial charge in [0.15, 0.2) is 0 Å². The van der Waals surface area contributed by atoms with Crippen LogP contribution in [0.4, 0.5) is 0 Å². The molecule has 0 atom stereocenters. The summed E-state index contributed by atoms with van der Waals surface area (Å²) < 4.78 is 0. The van der Waals surface area contributed by atoms with E-state index in [1.807, 2.05) is 18.5 Å². The second kappa shape index (κ2) is 10.5. The van der Waals surface area contributed by atoms with E-state index in [0.717, 1.165) is 5.56 Å². The number of benzene rings is 9. The molecule has 11 aromatic rings. The minimum Gasteiger partial charge on any atom is -0.264 e. The molecule has 50 heavy (non-hydrogen) atoms. The van der Waals surface area contributed by atoms with Gasteiger partial charge in [0.1, 0.15) is 0 Å². The Morgan fingerprint density at radius 2 is 0.700 bits per heavy atom. The Bertz CT molecular complexity index is 3110. The predicted octanol–water partition coefficient (Wildman–Crippen LogP) is 13.6. The number of aromatic nitrogens is 1. The highest BCUT2D eigenvalue weighted by Crippen LogP contribution is 2.44. The molecule has 0 amide bonds. The number of fused-ring (bicyclic) bond motifs is 3. The average Bonchev–Trinajstić information content (AvgIpc) is 3.19. The van der Waals surface area contributed by atoms with E-state index in [-0.39, 0.29) is 0 Å². The lowest BCUT2D eigenvalue weighted by atomic mass is 9.86. The number of pyridine rings is 1. The molecular weight excluding hydrogens is 603 g/mol. The van der Waals surface area contributed by atoms with E-state index in [1.54, 1.807) is 0 Å². The summed E-state index contributed by atoms with van der Waals surface area (Å²) in [6.07, 6.45) is 3.72. The molecule has 0 saturated carbocycles. The van der Waals surface area contributed by atoms with Crippen molar-refractivity contribution in [2.24, 2.45) is 0 Å². The van der Waals surface area contributed by atoms with Crippen LogP contribution in [-0.2, 0) is 0 Å². The SMILES string of the molecule is c1cncc(-c2ccc(-c3ccc4cc(-c5cc6ccc7cccc8c9cccc%10ccc%11cccc(c(c5)c6c78)c%11c%109)ccc4c3)cc2)c1. The van der Waals surface area contributed by atoms with Crippen LogP contribution in [0.1, 0.15) is 0 Å². The maximum Gasteiger partial charge on any atom is 0.0346 e. The summed E-state index contributed by atoms with van der Waals surface area (Å²) in [5, 5.41) is 18.2. The molecule has 230 valence electrons. The minimum atomic E-state index is 1.13. The van der Waals surface area contributed by atoms with Crippen LogP contribution in [0.25, 0.3) is 109 Å². The third-order valence-electron chi connectivity index (χ3n) is 10.8. The smallest absolute Gasteiger partial charge is 0.0346 e. The van der Waals surface area contributed by atoms with Gasteiger partial charge >= 0.3 is 0 Å². The molecule has 10 aromatic carbocycles. The van der Waals surface area contributed by atoms with Crippen LogP contribution in [0.5, 0.6) is 0 Å². The molecule has 0 saturated heterocycles. The lowest BCUT2D eigenvalue weighted by Crippen LogP contribution is -1.89. The highest BCUT2D eigenvalue weighted by Gasteiger charge is 2.16. The third kappa shape index (κ3) is 4.04. The molecular formula is C49H29N. The summed E-state index contributed by atoms with van der Waals surface area (Å²) >= 11 is 0. The summed E-state index contributed by atoms with van der Waals surface area (Å²) in [4.78, 5) is 4.28. The Balaban J connectivity index is 1.12. The van der Waals surface area contributed by atoms with Gasteiger partial charge < -0.3 is 0 Å². The molecule has 1 heteroatoms. The summed E-state index contributed by atoms with van der Waals surface area (Å²) in [6.45, 7) is 0. The molecule has 0 spiro atoms. The van der Waals surface area contributed by atoms with E-state index in [9.17, 15) is 0 Å². The van der Waals surface area contributed by atoms with Gasteiger partial charge in [-0.3, -0.25) is 4.98 Å². The van der Waals surface area contributed by atoms with Crippen LogP contribution in [-0.4, -0.2) is 4.98 Å². The van der Waals surface area contributed by atoms with Gasteiger partial charge in [0, 0.05) is 12.4 Å². The lowest BCUT2D eigenvalue weighted by Gasteiger charge is -2.17. The zero-order valence-corrected chi connectivity index (χ0v) is 27.2. The quantitative estimate of drug-likeness (QED) is 0.177. The zero-order valence-electron chi connectivity index (χ0n) is 27.2. The van der Waals surface area contributed by atoms with Gasteiger partial charge in [-0.25, -0.2) is 0 Å². The molecule has 0 aliphatic heterocycles. The van der Waals surface area contributed by atoms with Crippen LogP contribution >= 0.6 is 0 Å². The van der Waals surface area contributed by atoms with Crippen LogP contribution in [0.2, 0.25) is 0 Å². The molecule has 0 fully saturated rings. The first-order chi connectivity index (χ1) is 24.8. The van der Waals surface area contributed by atoms with Gasteiger partial charge in [-0.15, -0.1) is 0 Å². The average molecular weight is 632 g/mol. The number of hydrogen-bond acceptors (Lipinski definition) is 1. The van der Waals surface area contributed by atoms with Crippen LogP contribution in [0.15, 0.2) is 176 Å². The summed E-state index contributed by atoms with van der Waals surface area (Å²) in [6, 6.07) is 61.0. The predicted molar refractivity (Wildman–Crippen MR) is 214 cm³/mol. The third-order valence-corrected chi connectivity index (χ3v) is 10.8. The minimum absolute atomic E-state index is 1.13. The Morgan fingerprint density at radius 1 is 0.260 bits per heavy atom. The van der Waals surface area contributed by atoms with E-state index in [0.29, 0.717) is 0 Å². The maximum atomic E-state index is 4.28. The highest BCUT2D eigenvalue weighted by molar-refractivity contribution is 6.37. The van der Waals surface area contributed by atoms with Gasteiger partial charge in [-0.2, -0.15) is 0 Å². The second-order valence-electron chi connectivity index (χ2n) is 13.6. The fraction of sp³-hybridized carbons (Fsp3) is 0. The Kier molecular flexibility index (Phi) is 5.73. The van der Waals surface area contributed by atoms with Gasteiger partial charge in [0.05, 0.1) is 0 Å². The fourth-order valence-electron chi connectivity index (χ4n) is 8.44. The van der Waals surface area contributed by atoms with Crippen LogP contribution < -0.4 is 0 Å². The van der Waals surface area contributed by atoms with Gasteiger partial charge in [0.25, 0.3) is 0 Å². The molecule has 1 nitrogen and oxygen atoms in total. The Labute approximate surface area is 289 Å². The van der Waals surface area contributed by atoms with Gasteiger partial charge in [-0.1, -0.05) is 133 Å². The Morgan fingerprint density at radius 3 is 1.26 bits per heavy atom. The van der Waals surface area contributed by atoms with E-state index in [4.69, 9.17) is 0 Å². The number of nitrogens with zero attached hydrogens (tertiary/aromatic N) is 1. The van der Waals surface area contributed by atoms with E-state index < -0.39 is 0 Å². The topological polar surface area (TPSA) is 12.9 Å². The first kappa shape index (κ1) is 27.4. The van der Waals surface area contributed by atoms with E-state index in [2.05, 4.69) is 163 Å². The van der Waals surface area contributed by atoms with Crippen molar-refractivity contribution < 1.29 is 0 Å². The first-order valence-electron chi connectivity index (χ1n) is 17.3. The van der Waals surface area contributed by atoms with Crippen molar-refractivity contribution in [3.63, 3.8) is 0 Å². The molecule has 0 aliphatic rings. The summed E-state index contributed by atoms with van der Waals surface area (Å²) in [5.41, 5.74) is 7.20. The molecule has 0 aliphatic carbocycles. The normalized spacial score (nSPS) is 12.0. The van der Waals surface area contributed by atoms with Crippen molar-refractivity contribution in [3.8, 4) is 33.4 Å². The summed E-state index contributed by atoms with van der Waals surface area (Å²) in [5.74, 6) is 0. The fourth-order valence-corrected chi connectivity index (χ4v) is 8.44. The van der Waals surface area contributed by atoms with E-state index in [1.165, 1.54) is 103 Å². The first-order valence-corrected chi connectivity index (χ1v) is 17.3. The lowest BCUT2D eigenvalue weighted by molar-refractivity contribution is 1.33. The van der Waals surface area contributed by atoms with Crippen LogP contribution in [0.3, 0.4) is 0 Å². The molecule has 1 aromatic heterocycles. The molecule has 1 heterocycles. The van der Waals surface area contributed by atoms with Gasteiger partial charge in [0.2, 0.25) is 0 Å². The van der Waals surface area contributed by atoms with Gasteiger partial charge in [-0.05, 0) is 139 Å². The molecule has 11 rings (SSSR count). The molecule has 0 bridgehead atoms. The molecule has 0 N–H and O–H groups in total. The largest absolute Gasteiger partial charge is 0.264 e. The molecule has 0 unspecified atom stereocenters. The standard InChI is InChI=1S/C49H29N/c1-5-32-16-17-33-7-3-11-44-45-28-41(27-39-23-18-34-6-2-10-43(47(34)49(39)45)42(9-1)46(32)48(33)44)38-22-21-36-25-35(19-20-37(36)26-38)30-12-14-31(15-13-30)40-8-4-24-50-29-40/h1-29H. The second-order valence-corrected chi connectivity index (χ2v) is 13.6. The number of rotatable bonds is 3. The van der Waals surface area contributed by atoms with Crippen molar-refractivity contribution in [1.29, 1.82) is 0 Å². The van der Waals surface area contributed by atoms with Crippen molar-refractivity contribution in [3.05, 3.63) is 176 Å². The maximum absolute atomic E-state index is 4.28. The number of hydrogen-bond donors (Lipinski definition) is 0. The monoisotopic (exact) mass is 631 g/mol. The van der Waals surface area contributed by atoms with Crippen molar-refractivity contribution in [2.75, 3.05) is 0 Å². The summed E-state index contributed by atoms with van der Waals surface area (Å²) in [7, 11) is 0. The molecule has 0 radical (unpaired) electrons. The zero-order chi connectivity index (χ0) is 32.8. The highest BCUT2D eigenvalue weighted by atomic mass is 14.6. The van der Waals surface area contributed by atoms with Crippen molar-refractivity contribution in [2.45, 2.75) is 0 Å². The van der Waals surface area contributed by atoms with Crippen molar-refractivity contribution >= 4 is 75.4 Å². The van der Waals surface area contributed by atoms with E-state index >= 15 is 0 Å². The Hall–Kier alpha value is -6.57. The van der Waals surface area contributed by atoms with Crippen LogP contribution in [0, 0.1) is 0 Å².